The Bertz CT molecular complexity index is 1010. The summed E-state index contributed by atoms with van der Waals surface area (Å²) in [7, 11) is -3.59. The van der Waals surface area contributed by atoms with Crippen LogP contribution in [0.25, 0.3) is 11.3 Å². The molecule has 4 rings (SSSR count). The molecule has 2 aromatic carbocycles. The zero-order chi connectivity index (χ0) is 17.4. The number of rotatable bonds is 4. The highest BCUT2D eigenvalue weighted by atomic mass is 79.9. The summed E-state index contributed by atoms with van der Waals surface area (Å²) in [6.45, 7) is 0.989. The summed E-state index contributed by atoms with van der Waals surface area (Å²) in [5.41, 5.74) is 2.65. The first-order chi connectivity index (χ1) is 12.0. The number of nitrogens with one attached hydrogen (secondary N) is 1. The van der Waals surface area contributed by atoms with E-state index in [0.717, 1.165) is 40.9 Å². The number of fused-ring (bicyclic) bond motifs is 1. The van der Waals surface area contributed by atoms with Gasteiger partial charge in [-0.3, -0.25) is 4.72 Å². The molecule has 0 saturated carbocycles. The Balaban J connectivity index is 1.57. The molecule has 0 fully saturated rings. The van der Waals surface area contributed by atoms with Gasteiger partial charge in [0.15, 0.2) is 0 Å². The number of hydrogen-bond donors (Lipinski definition) is 1. The molecule has 7 heteroatoms. The zero-order valence-corrected chi connectivity index (χ0v) is 15.7. The quantitative estimate of drug-likeness (QED) is 0.695. The Morgan fingerprint density at radius 2 is 1.76 bits per heavy atom. The van der Waals surface area contributed by atoms with Gasteiger partial charge in [0.2, 0.25) is 0 Å². The first-order valence-corrected chi connectivity index (χ1v) is 10.2. The van der Waals surface area contributed by atoms with E-state index in [0.29, 0.717) is 5.69 Å². The van der Waals surface area contributed by atoms with Gasteiger partial charge in [0.05, 0.1) is 16.8 Å². The molecule has 25 heavy (non-hydrogen) atoms. The number of sulfonamides is 1. The molecule has 3 aromatic rings. The fourth-order valence-corrected chi connectivity index (χ4v) is 4.35. The van der Waals surface area contributed by atoms with Crippen molar-refractivity contribution < 1.29 is 8.42 Å². The lowest BCUT2D eigenvalue weighted by Crippen LogP contribution is -2.12. The largest absolute Gasteiger partial charge is 0.328 e. The van der Waals surface area contributed by atoms with Crippen LogP contribution < -0.4 is 4.72 Å². The summed E-state index contributed by atoms with van der Waals surface area (Å²) in [6, 6.07) is 13.9. The van der Waals surface area contributed by atoms with Crippen molar-refractivity contribution in [2.45, 2.75) is 24.3 Å². The minimum absolute atomic E-state index is 0.230. The molecule has 2 heterocycles. The Morgan fingerprint density at radius 3 is 2.48 bits per heavy atom. The topological polar surface area (TPSA) is 64.0 Å². The van der Waals surface area contributed by atoms with Crippen LogP contribution in [0.1, 0.15) is 12.2 Å². The van der Waals surface area contributed by atoms with Gasteiger partial charge in [-0.2, -0.15) is 0 Å². The first kappa shape index (κ1) is 16.4. The highest BCUT2D eigenvalue weighted by Crippen LogP contribution is 2.27. The number of anilines is 1. The van der Waals surface area contributed by atoms with Crippen molar-refractivity contribution in [1.29, 1.82) is 0 Å². The van der Waals surface area contributed by atoms with Gasteiger partial charge in [0.1, 0.15) is 5.82 Å². The van der Waals surface area contributed by atoms with Crippen LogP contribution in [0.4, 0.5) is 5.69 Å². The van der Waals surface area contributed by atoms with Gasteiger partial charge < -0.3 is 4.57 Å². The molecule has 0 radical (unpaired) electrons. The Hall–Kier alpha value is -2.12. The highest BCUT2D eigenvalue weighted by molar-refractivity contribution is 9.10. The predicted octanol–water partition coefficient (Wildman–Crippen LogP) is 4.06. The molecular weight excluding hydrogens is 402 g/mol. The monoisotopic (exact) mass is 417 g/mol. The maximum atomic E-state index is 12.4. The lowest BCUT2D eigenvalue weighted by atomic mass is 10.1. The maximum Gasteiger partial charge on any atom is 0.261 e. The van der Waals surface area contributed by atoms with Crippen LogP contribution in [0, 0.1) is 0 Å². The normalized spacial score (nSPS) is 13.6. The zero-order valence-electron chi connectivity index (χ0n) is 13.3. The number of nitrogens with zero attached hydrogens (tertiary/aromatic N) is 2. The van der Waals surface area contributed by atoms with Crippen LogP contribution in [0.15, 0.2) is 64.1 Å². The number of benzene rings is 2. The van der Waals surface area contributed by atoms with Gasteiger partial charge in [0, 0.05) is 23.1 Å². The van der Waals surface area contributed by atoms with Crippen LogP contribution in [-0.2, 0) is 23.0 Å². The van der Waals surface area contributed by atoms with Gasteiger partial charge in [0.25, 0.3) is 10.0 Å². The average molecular weight is 418 g/mol. The maximum absolute atomic E-state index is 12.4. The smallest absolute Gasteiger partial charge is 0.261 e. The molecule has 0 bridgehead atoms. The SMILES string of the molecule is O=S(=O)(Nc1ccc(-c2cnc3n2CCC3)cc1)c1ccc(Br)cc1. The van der Waals surface area contributed by atoms with Crippen LogP contribution >= 0.6 is 15.9 Å². The van der Waals surface area contributed by atoms with E-state index < -0.39 is 10.0 Å². The van der Waals surface area contributed by atoms with Gasteiger partial charge in [-0.25, -0.2) is 13.4 Å². The first-order valence-electron chi connectivity index (χ1n) is 7.96. The molecule has 0 atom stereocenters. The molecule has 1 aromatic heterocycles. The molecule has 0 saturated heterocycles. The fraction of sp³-hybridized carbons (Fsp3) is 0.167. The second kappa shape index (κ2) is 6.31. The van der Waals surface area contributed by atoms with Crippen molar-refractivity contribution >= 4 is 31.6 Å². The average Bonchev–Trinajstić information content (AvgIpc) is 3.19. The standard InChI is InChI=1S/C18H16BrN3O2S/c19-14-5-9-16(10-6-14)25(23,24)21-15-7-3-13(4-8-15)17-12-20-18-2-1-11-22(17)18/h3-10,12,21H,1-2,11H2. The van der Waals surface area contributed by atoms with E-state index in [1.807, 2.05) is 18.3 Å². The second-order valence-corrected chi connectivity index (χ2v) is 8.55. The van der Waals surface area contributed by atoms with E-state index in [1.54, 1.807) is 36.4 Å². The van der Waals surface area contributed by atoms with Crippen LogP contribution in [-0.4, -0.2) is 18.0 Å². The van der Waals surface area contributed by atoms with Crippen LogP contribution in [0.5, 0.6) is 0 Å². The summed E-state index contributed by atoms with van der Waals surface area (Å²) in [4.78, 5) is 4.68. The molecule has 0 spiro atoms. The molecule has 1 aliphatic rings. The van der Waals surface area contributed by atoms with Gasteiger partial charge in [-0.1, -0.05) is 28.1 Å². The van der Waals surface area contributed by atoms with Gasteiger partial charge in [-0.15, -0.1) is 0 Å². The molecular formula is C18H16BrN3O2S. The van der Waals surface area contributed by atoms with Crippen molar-refractivity contribution in [3.8, 4) is 11.3 Å². The van der Waals surface area contributed by atoms with E-state index >= 15 is 0 Å². The Labute approximate surface area is 154 Å². The number of aryl methyl sites for hydroxylation is 1. The Morgan fingerprint density at radius 1 is 1.04 bits per heavy atom. The number of hydrogen-bond acceptors (Lipinski definition) is 3. The predicted molar refractivity (Wildman–Crippen MR) is 101 cm³/mol. The Kier molecular flexibility index (Phi) is 4.13. The summed E-state index contributed by atoms with van der Waals surface area (Å²) >= 11 is 3.30. The highest BCUT2D eigenvalue weighted by Gasteiger charge is 2.17. The molecule has 0 aliphatic carbocycles. The molecule has 5 nitrogen and oxygen atoms in total. The molecule has 0 amide bonds. The third-order valence-corrected chi connectivity index (χ3v) is 6.20. The van der Waals surface area contributed by atoms with E-state index in [9.17, 15) is 8.42 Å². The molecule has 128 valence electrons. The lowest BCUT2D eigenvalue weighted by Gasteiger charge is -2.10. The van der Waals surface area contributed by atoms with E-state index in [2.05, 4.69) is 30.2 Å². The summed E-state index contributed by atoms with van der Waals surface area (Å²) < 4.78 is 30.6. The van der Waals surface area contributed by atoms with Crippen LogP contribution in [0.3, 0.4) is 0 Å². The van der Waals surface area contributed by atoms with Crippen molar-refractivity contribution in [3.63, 3.8) is 0 Å². The van der Waals surface area contributed by atoms with Gasteiger partial charge >= 0.3 is 0 Å². The van der Waals surface area contributed by atoms with E-state index in [1.165, 1.54) is 0 Å². The molecule has 0 unspecified atom stereocenters. The second-order valence-electron chi connectivity index (χ2n) is 5.95. The minimum atomic E-state index is -3.59. The van der Waals surface area contributed by atoms with Gasteiger partial charge in [-0.05, 0) is 48.4 Å². The number of halogens is 1. The summed E-state index contributed by atoms with van der Waals surface area (Å²) in [5, 5.41) is 0. The molecule has 1 N–H and O–H groups in total. The third-order valence-electron chi connectivity index (χ3n) is 4.28. The van der Waals surface area contributed by atoms with Crippen molar-refractivity contribution in [1.82, 2.24) is 9.55 Å². The summed E-state index contributed by atoms with van der Waals surface area (Å²) in [6.07, 6.45) is 4.03. The van der Waals surface area contributed by atoms with E-state index in [-0.39, 0.29) is 4.90 Å². The fourth-order valence-electron chi connectivity index (χ4n) is 3.03. The third kappa shape index (κ3) is 3.21. The summed E-state index contributed by atoms with van der Waals surface area (Å²) in [5.74, 6) is 1.12. The van der Waals surface area contributed by atoms with Crippen LogP contribution in [0.2, 0.25) is 0 Å². The van der Waals surface area contributed by atoms with E-state index in [4.69, 9.17) is 0 Å². The number of imidazole rings is 1. The van der Waals surface area contributed by atoms with Crippen molar-refractivity contribution in [2.75, 3.05) is 4.72 Å². The lowest BCUT2D eigenvalue weighted by molar-refractivity contribution is 0.601. The van der Waals surface area contributed by atoms with Crippen molar-refractivity contribution in [3.05, 3.63) is 65.0 Å². The van der Waals surface area contributed by atoms with Crippen molar-refractivity contribution in [2.24, 2.45) is 0 Å². The number of aromatic nitrogens is 2. The minimum Gasteiger partial charge on any atom is -0.328 e. The molecule has 1 aliphatic heterocycles.